The number of nitrogens with zero attached hydrogens (tertiary/aromatic N) is 2. The lowest BCUT2D eigenvalue weighted by molar-refractivity contribution is 0.784. The van der Waals surface area contributed by atoms with Gasteiger partial charge in [-0.15, -0.1) is 0 Å². The minimum atomic E-state index is 0.514. The van der Waals surface area contributed by atoms with Gasteiger partial charge in [0.05, 0.1) is 0 Å². The number of anilines is 2. The Morgan fingerprint density at radius 3 is 1.83 bits per heavy atom. The number of aromatic nitrogens is 1. The second-order valence-corrected chi connectivity index (χ2v) is 6.31. The molecule has 0 saturated carbocycles. The number of rotatable bonds is 5. The van der Waals surface area contributed by atoms with Crippen molar-refractivity contribution in [3.05, 3.63) is 88.4 Å². The highest BCUT2D eigenvalue weighted by molar-refractivity contribution is 9.10. The van der Waals surface area contributed by atoms with Gasteiger partial charge in [0, 0.05) is 17.6 Å². The molecule has 3 rings (SSSR count). The predicted molar refractivity (Wildman–Crippen MR) is 99.1 cm³/mol. The van der Waals surface area contributed by atoms with Crippen molar-refractivity contribution < 1.29 is 0 Å². The van der Waals surface area contributed by atoms with Gasteiger partial charge in [-0.2, -0.15) is 0 Å². The molecule has 3 aromatic rings. The van der Waals surface area contributed by atoms with E-state index in [4.69, 9.17) is 5.73 Å². The molecule has 116 valence electrons. The van der Waals surface area contributed by atoms with Gasteiger partial charge in [0.2, 0.25) is 0 Å². The number of hydrogen-bond donors (Lipinski definition) is 1. The minimum Gasteiger partial charge on any atom is -0.384 e. The number of nitrogen functional groups attached to an aromatic ring is 1. The van der Waals surface area contributed by atoms with E-state index < -0.39 is 0 Å². The van der Waals surface area contributed by atoms with Gasteiger partial charge in [-0.05, 0) is 23.3 Å². The van der Waals surface area contributed by atoms with Crippen LogP contribution < -0.4 is 10.6 Å². The van der Waals surface area contributed by atoms with E-state index >= 15 is 0 Å². The summed E-state index contributed by atoms with van der Waals surface area (Å²) in [6, 6.07) is 24.6. The highest BCUT2D eigenvalue weighted by Crippen LogP contribution is 2.24. The van der Waals surface area contributed by atoms with Crippen LogP contribution in [0.25, 0.3) is 0 Å². The first-order valence-corrected chi connectivity index (χ1v) is 8.26. The van der Waals surface area contributed by atoms with Crippen molar-refractivity contribution in [3.8, 4) is 0 Å². The molecular weight excluding hydrogens is 350 g/mol. The zero-order valence-corrected chi connectivity index (χ0v) is 14.3. The topological polar surface area (TPSA) is 42.1 Å². The Morgan fingerprint density at radius 2 is 1.35 bits per heavy atom. The molecule has 1 heterocycles. The number of benzene rings is 2. The highest BCUT2D eigenvalue weighted by atomic mass is 79.9. The molecule has 0 bridgehead atoms. The molecule has 0 atom stereocenters. The largest absolute Gasteiger partial charge is 0.384 e. The number of hydrogen-bond acceptors (Lipinski definition) is 3. The average molecular weight is 368 g/mol. The van der Waals surface area contributed by atoms with Crippen molar-refractivity contribution in [3.63, 3.8) is 0 Å². The molecule has 0 aliphatic carbocycles. The molecule has 0 saturated heterocycles. The summed E-state index contributed by atoms with van der Waals surface area (Å²) in [5.41, 5.74) is 8.40. The number of halogens is 1. The lowest BCUT2D eigenvalue weighted by Crippen LogP contribution is -2.23. The smallest absolute Gasteiger partial charge is 0.132 e. The second-order valence-electron chi connectivity index (χ2n) is 5.40. The molecular formula is C19H18BrN3. The van der Waals surface area contributed by atoms with Crippen LogP contribution >= 0.6 is 15.9 Å². The van der Waals surface area contributed by atoms with Gasteiger partial charge >= 0.3 is 0 Å². The van der Waals surface area contributed by atoms with Gasteiger partial charge in [0.1, 0.15) is 11.6 Å². The molecule has 4 heteroatoms. The Balaban J connectivity index is 1.92. The molecule has 0 spiro atoms. The molecule has 0 unspecified atom stereocenters. The molecule has 0 radical (unpaired) electrons. The molecule has 1 aromatic heterocycles. The van der Waals surface area contributed by atoms with E-state index in [1.165, 1.54) is 11.1 Å². The van der Waals surface area contributed by atoms with Crippen LogP contribution in [0.3, 0.4) is 0 Å². The first-order valence-electron chi connectivity index (χ1n) is 7.46. The lowest BCUT2D eigenvalue weighted by Gasteiger charge is -2.24. The van der Waals surface area contributed by atoms with Gasteiger partial charge in [0.25, 0.3) is 0 Å². The van der Waals surface area contributed by atoms with Crippen LogP contribution in [-0.2, 0) is 13.1 Å². The normalized spacial score (nSPS) is 10.5. The third kappa shape index (κ3) is 4.33. The maximum Gasteiger partial charge on any atom is 0.132 e. The molecule has 3 nitrogen and oxygen atoms in total. The number of pyridine rings is 1. The van der Waals surface area contributed by atoms with Crippen molar-refractivity contribution in [2.24, 2.45) is 0 Å². The zero-order valence-electron chi connectivity index (χ0n) is 12.7. The fraction of sp³-hybridized carbons (Fsp3) is 0.105. The Hall–Kier alpha value is -2.33. The Morgan fingerprint density at radius 1 is 0.826 bits per heavy atom. The fourth-order valence-corrected chi connectivity index (χ4v) is 2.93. The van der Waals surface area contributed by atoms with Crippen LogP contribution in [0.4, 0.5) is 11.6 Å². The van der Waals surface area contributed by atoms with E-state index in [2.05, 4.69) is 74.3 Å². The summed E-state index contributed by atoms with van der Waals surface area (Å²) in [6.45, 7) is 1.55. The fourth-order valence-electron chi connectivity index (χ4n) is 2.49. The van der Waals surface area contributed by atoms with Gasteiger partial charge in [0.15, 0.2) is 0 Å². The van der Waals surface area contributed by atoms with E-state index in [0.717, 1.165) is 23.4 Å². The Kier molecular flexibility index (Phi) is 4.93. The van der Waals surface area contributed by atoms with E-state index in [1.807, 2.05) is 24.3 Å². The molecule has 0 fully saturated rings. The summed E-state index contributed by atoms with van der Waals surface area (Å²) in [7, 11) is 0. The van der Waals surface area contributed by atoms with Crippen molar-refractivity contribution in [1.82, 2.24) is 4.98 Å². The molecule has 0 amide bonds. The van der Waals surface area contributed by atoms with Crippen molar-refractivity contribution >= 4 is 27.6 Å². The summed E-state index contributed by atoms with van der Waals surface area (Å²) < 4.78 is 0.936. The van der Waals surface area contributed by atoms with Crippen LogP contribution in [0.5, 0.6) is 0 Å². The summed E-state index contributed by atoms with van der Waals surface area (Å²) in [4.78, 5) is 6.73. The van der Waals surface area contributed by atoms with E-state index in [9.17, 15) is 0 Å². The van der Waals surface area contributed by atoms with E-state index in [1.54, 1.807) is 0 Å². The van der Waals surface area contributed by atoms with Gasteiger partial charge in [-0.25, -0.2) is 4.98 Å². The maximum atomic E-state index is 5.92. The third-order valence-corrected chi connectivity index (χ3v) is 4.01. The second kappa shape index (κ2) is 7.29. The molecule has 2 N–H and O–H groups in total. The van der Waals surface area contributed by atoms with Gasteiger partial charge < -0.3 is 10.6 Å². The van der Waals surface area contributed by atoms with Crippen molar-refractivity contribution in [1.29, 1.82) is 0 Å². The van der Waals surface area contributed by atoms with Crippen LogP contribution in [0.2, 0.25) is 0 Å². The minimum absolute atomic E-state index is 0.514. The van der Waals surface area contributed by atoms with Crippen LogP contribution in [0, 0.1) is 0 Å². The zero-order chi connectivity index (χ0) is 16.1. The summed E-state index contributed by atoms with van der Waals surface area (Å²) >= 11 is 3.51. The molecule has 0 aliphatic rings. The first kappa shape index (κ1) is 15.6. The van der Waals surface area contributed by atoms with Gasteiger partial charge in [-0.3, -0.25) is 0 Å². The molecule has 2 aromatic carbocycles. The van der Waals surface area contributed by atoms with E-state index in [-0.39, 0.29) is 0 Å². The van der Waals surface area contributed by atoms with E-state index in [0.29, 0.717) is 5.82 Å². The average Bonchev–Trinajstić information content (AvgIpc) is 2.55. The monoisotopic (exact) mass is 367 g/mol. The van der Waals surface area contributed by atoms with Crippen molar-refractivity contribution in [2.75, 3.05) is 10.6 Å². The van der Waals surface area contributed by atoms with Crippen molar-refractivity contribution in [2.45, 2.75) is 13.1 Å². The standard InChI is InChI=1S/C19H18BrN3/c20-17-11-18(21)22-19(12-17)23(13-15-7-3-1-4-8-15)14-16-9-5-2-6-10-16/h1-12H,13-14H2,(H2,21,22). The predicted octanol–water partition coefficient (Wildman–Crippen LogP) is 4.63. The van der Waals surface area contributed by atoms with Gasteiger partial charge in [-0.1, -0.05) is 76.6 Å². The Labute approximate surface area is 144 Å². The van der Waals surface area contributed by atoms with Crippen LogP contribution in [-0.4, -0.2) is 4.98 Å². The molecule has 23 heavy (non-hydrogen) atoms. The summed E-state index contributed by atoms with van der Waals surface area (Å²) in [5, 5.41) is 0. The molecule has 0 aliphatic heterocycles. The lowest BCUT2D eigenvalue weighted by atomic mass is 10.1. The number of nitrogens with two attached hydrogens (primary N) is 1. The Bertz CT molecular complexity index is 698. The van der Waals surface area contributed by atoms with Crippen LogP contribution in [0.15, 0.2) is 77.3 Å². The first-order chi connectivity index (χ1) is 11.2. The van der Waals surface area contributed by atoms with Crippen LogP contribution in [0.1, 0.15) is 11.1 Å². The summed E-state index contributed by atoms with van der Waals surface area (Å²) in [5.74, 6) is 1.38. The summed E-state index contributed by atoms with van der Waals surface area (Å²) in [6.07, 6.45) is 0. The maximum absolute atomic E-state index is 5.92. The highest BCUT2D eigenvalue weighted by Gasteiger charge is 2.11. The quantitative estimate of drug-likeness (QED) is 0.714. The third-order valence-electron chi connectivity index (χ3n) is 3.55. The SMILES string of the molecule is Nc1cc(Br)cc(N(Cc2ccccc2)Cc2ccccc2)n1.